The molecule has 11 heteroatoms. The minimum absolute atomic E-state index is 0.484. The van der Waals surface area contributed by atoms with Crippen molar-refractivity contribution in [3.63, 3.8) is 0 Å². The molecule has 1 aromatic carbocycles. The fourth-order valence-electron chi connectivity index (χ4n) is 1.06. The molecule has 0 unspecified atom stereocenters. The van der Waals surface area contributed by atoms with Gasteiger partial charge in [0.25, 0.3) is 10.0 Å². The second-order valence-electron chi connectivity index (χ2n) is 3.51. The van der Waals surface area contributed by atoms with Crippen LogP contribution >= 0.6 is 0 Å². The summed E-state index contributed by atoms with van der Waals surface area (Å²) in [6, 6.07) is 2.17. The van der Waals surface area contributed by atoms with E-state index in [9.17, 15) is 34.8 Å². The van der Waals surface area contributed by atoms with E-state index < -0.39 is 39.4 Å². The second-order valence-corrected chi connectivity index (χ2v) is 5.16. The van der Waals surface area contributed by atoms with Crippen LogP contribution in [0.5, 0.6) is 0 Å². The summed E-state index contributed by atoms with van der Waals surface area (Å²) in [6.07, 6.45) is -9.40. The van der Waals surface area contributed by atoms with Crippen molar-refractivity contribution in [3.05, 3.63) is 29.8 Å². The summed E-state index contributed by atoms with van der Waals surface area (Å²) < 4.78 is 94.7. The first-order chi connectivity index (χ1) is 8.92. The quantitative estimate of drug-likeness (QED) is 0.684. The van der Waals surface area contributed by atoms with Crippen LogP contribution in [-0.4, -0.2) is 21.2 Å². The van der Waals surface area contributed by atoms with Gasteiger partial charge in [0.2, 0.25) is 0 Å². The lowest BCUT2D eigenvalue weighted by atomic mass is 10.2. The highest BCUT2D eigenvalue weighted by Gasteiger charge is 2.31. The third-order valence-electron chi connectivity index (χ3n) is 1.90. The lowest BCUT2D eigenvalue weighted by Gasteiger charge is -2.10. The molecule has 0 radical (unpaired) electrons. The molecule has 0 saturated heterocycles. The molecule has 1 N–H and O–H groups in total. The van der Waals surface area contributed by atoms with Gasteiger partial charge in [0.15, 0.2) is 6.61 Å². The number of hydrogen-bond donors (Lipinski definition) is 1. The van der Waals surface area contributed by atoms with Crippen molar-refractivity contribution in [2.75, 3.05) is 6.61 Å². The van der Waals surface area contributed by atoms with Crippen LogP contribution in [0, 0.1) is 0 Å². The van der Waals surface area contributed by atoms with E-state index in [0.717, 1.165) is 4.89 Å². The van der Waals surface area contributed by atoms with E-state index >= 15 is 0 Å². The summed E-state index contributed by atoms with van der Waals surface area (Å²) in [7, 11) is -4.48. The van der Waals surface area contributed by atoms with E-state index in [2.05, 4.69) is 4.84 Å². The average molecular weight is 323 g/mol. The molecule has 1 aromatic rings. The Hall–Kier alpha value is -1.33. The molecular formula is C9H7F6NO3S. The van der Waals surface area contributed by atoms with E-state index in [1.807, 2.05) is 0 Å². The van der Waals surface area contributed by atoms with Gasteiger partial charge in [0.05, 0.1) is 10.5 Å². The van der Waals surface area contributed by atoms with E-state index in [-0.39, 0.29) is 0 Å². The van der Waals surface area contributed by atoms with Crippen LogP contribution in [0.2, 0.25) is 0 Å². The summed E-state index contributed by atoms with van der Waals surface area (Å²) in [4.78, 5) is 4.23. The third-order valence-corrected chi connectivity index (χ3v) is 3.13. The minimum atomic E-state index is -4.75. The zero-order valence-corrected chi connectivity index (χ0v) is 10.2. The van der Waals surface area contributed by atoms with Crippen molar-refractivity contribution >= 4 is 10.0 Å². The Morgan fingerprint density at radius 3 is 1.90 bits per heavy atom. The van der Waals surface area contributed by atoms with E-state index in [1.165, 1.54) is 0 Å². The van der Waals surface area contributed by atoms with Crippen molar-refractivity contribution in [2.45, 2.75) is 17.2 Å². The van der Waals surface area contributed by atoms with Crippen LogP contribution in [0.3, 0.4) is 0 Å². The van der Waals surface area contributed by atoms with Crippen molar-refractivity contribution in [1.82, 2.24) is 4.89 Å². The monoisotopic (exact) mass is 323 g/mol. The first-order valence-corrected chi connectivity index (χ1v) is 6.28. The lowest BCUT2D eigenvalue weighted by molar-refractivity contribution is -0.181. The predicted molar refractivity (Wildman–Crippen MR) is 53.8 cm³/mol. The Bertz CT molecular complexity index is 549. The van der Waals surface area contributed by atoms with Gasteiger partial charge >= 0.3 is 12.4 Å². The van der Waals surface area contributed by atoms with Gasteiger partial charge in [-0.1, -0.05) is 4.89 Å². The highest BCUT2D eigenvalue weighted by Crippen LogP contribution is 2.29. The molecule has 0 aromatic heterocycles. The topological polar surface area (TPSA) is 55.4 Å². The number of nitrogens with one attached hydrogen (secondary N) is 1. The van der Waals surface area contributed by atoms with Crippen molar-refractivity contribution in [2.24, 2.45) is 0 Å². The molecule has 0 aliphatic rings. The molecule has 0 atom stereocenters. The van der Waals surface area contributed by atoms with Gasteiger partial charge in [-0.2, -0.15) is 26.3 Å². The van der Waals surface area contributed by atoms with E-state index in [0.29, 0.717) is 24.3 Å². The number of hydrogen-bond acceptors (Lipinski definition) is 3. The number of alkyl halides is 6. The van der Waals surface area contributed by atoms with Crippen LogP contribution in [0.25, 0.3) is 0 Å². The maximum atomic E-state index is 12.2. The molecule has 20 heavy (non-hydrogen) atoms. The van der Waals surface area contributed by atoms with Gasteiger partial charge in [-0.05, 0) is 24.3 Å². The summed E-state index contributed by atoms with van der Waals surface area (Å²) in [6.45, 7) is -1.87. The van der Waals surface area contributed by atoms with E-state index in [1.54, 1.807) is 0 Å². The zero-order chi connectivity index (χ0) is 15.6. The van der Waals surface area contributed by atoms with Crippen LogP contribution in [0.15, 0.2) is 29.2 Å². The number of benzene rings is 1. The molecule has 0 aliphatic carbocycles. The van der Waals surface area contributed by atoms with Gasteiger partial charge in [0.1, 0.15) is 0 Å². The molecule has 1 rings (SSSR count). The molecule has 0 aliphatic heterocycles. The number of halogens is 6. The van der Waals surface area contributed by atoms with Crippen molar-refractivity contribution in [1.29, 1.82) is 0 Å². The largest absolute Gasteiger partial charge is 0.416 e. The zero-order valence-electron chi connectivity index (χ0n) is 9.42. The summed E-state index contributed by atoms with van der Waals surface area (Å²) in [5.74, 6) is 0. The van der Waals surface area contributed by atoms with E-state index in [4.69, 9.17) is 0 Å². The molecule has 0 amide bonds. The van der Waals surface area contributed by atoms with Crippen molar-refractivity contribution in [3.8, 4) is 0 Å². The van der Waals surface area contributed by atoms with Gasteiger partial charge in [0, 0.05) is 0 Å². The molecule has 0 heterocycles. The molecule has 0 spiro atoms. The Morgan fingerprint density at radius 2 is 1.50 bits per heavy atom. The SMILES string of the molecule is O=S(=O)(NOCC(F)(F)F)c1ccc(C(F)(F)F)cc1. The van der Waals surface area contributed by atoms with Crippen LogP contribution in [0.1, 0.15) is 5.56 Å². The summed E-state index contributed by atoms with van der Waals surface area (Å²) in [5.41, 5.74) is -1.09. The Kier molecular flexibility index (Phi) is 4.66. The third kappa shape index (κ3) is 4.98. The molecule has 114 valence electrons. The maximum absolute atomic E-state index is 12.2. The highest BCUT2D eigenvalue weighted by molar-refractivity contribution is 7.89. The molecule has 0 fully saturated rings. The van der Waals surface area contributed by atoms with Gasteiger partial charge in [-0.25, -0.2) is 8.42 Å². The van der Waals surface area contributed by atoms with Crippen molar-refractivity contribution < 1.29 is 39.6 Å². The number of sulfonamides is 1. The first-order valence-electron chi connectivity index (χ1n) is 4.79. The fraction of sp³-hybridized carbons (Fsp3) is 0.333. The molecule has 4 nitrogen and oxygen atoms in total. The Labute approximate surface area is 109 Å². The predicted octanol–water partition coefficient (Wildman–Crippen LogP) is 2.48. The number of rotatable bonds is 4. The molecule has 0 saturated carbocycles. The molecule has 0 bridgehead atoms. The first kappa shape index (κ1) is 16.7. The smallest absolute Gasteiger partial charge is 0.277 e. The van der Waals surface area contributed by atoms with Crippen LogP contribution in [0.4, 0.5) is 26.3 Å². The fourth-order valence-corrected chi connectivity index (χ4v) is 1.86. The van der Waals surface area contributed by atoms with Crippen LogP contribution < -0.4 is 4.89 Å². The standard InChI is InChI=1S/C9H7F6NO3S/c10-8(11,12)5-19-16-20(17,18)7-3-1-6(2-4-7)9(13,14)15/h1-4,16H,5H2. The normalized spacial score (nSPS) is 13.5. The summed E-state index contributed by atoms with van der Waals surface area (Å²) in [5, 5.41) is 0. The minimum Gasteiger partial charge on any atom is -0.277 e. The van der Waals surface area contributed by atoms with Crippen LogP contribution in [-0.2, 0) is 21.0 Å². The lowest BCUT2D eigenvalue weighted by Crippen LogP contribution is -2.29. The second kappa shape index (κ2) is 5.58. The van der Waals surface area contributed by atoms with Gasteiger partial charge in [-0.15, -0.1) is 0 Å². The molecular weight excluding hydrogens is 316 g/mol. The Morgan fingerprint density at radius 1 is 1.00 bits per heavy atom. The highest BCUT2D eigenvalue weighted by atomic mass is 32.2. The Balaban J connectivity index is 2.78. The average Bonchev–Trinajstić information content (AvgIpc) is 2.26. The van der Waals surface area contributed by atoms with Gasteiger partial charge in [-0.3, -0.25) is 4.84 Å². The maximum Gasteiger partial charge on any atom is 0.416 e. The van der Waals surface area contributed by atoms with Gasteiger partial charge < -0.3 is 0 Å². The summed E-state index contributed by atoms with van der Waals surface area (Å²) >= 11 is 0.